The number of aliphatic hydroxyl groups excluding tert-OH is 1. The number of hydrogen-bond donors (Lipinski definition) is 4. The first-order valence-electron chi connectivity index (χ1n) is 4.89. The predicted octanol–water partition coefficient (Wildman–Crippen LogP) is 0.0254. The van der Waals surface area contributed by atoms with Crippen LogP contribution in [0, 0.1) is 0 Å². The van der Waals surface area contributed by atoms with E-state index < -0.39 is 5.97 Å². The lowest BCUT2D eigenvalue weighted by Crippen LogP contribution is -2.05. The van der Waals surface area contributed by atoms with Crippen LogP contribution in [0.2, 0.25) is 0 Å². The van der Waals surface area contributed by atoms with Crippen molar-refractivity contribution in [1.82, 2.24) is 4.98 Å². The SMILES string of the molecule is NCc1[nH]cc(CCC(=O)O)c1CCO. The fourth-order valence-corrected chi connectivity index (χ4v) is 1.61. The molecule has 1 rings (SSSR count). The van der Waals surface area contributed by atoms with Crippen molar-refractivity contribution in [2.75, 3.05) is 6.61 Å². The fourth-order valence-electron chi connectivity index (χ4n) is 1.61. The number of aliphatic carboxylic acids is 1. The largest absolute Gasteiger partial charge is 0.481 e. The molecule has 0 aliphatic rings. The van der Waals surface area contributed by atoms with Crippen molar-refractivity contribution >= 4 is 5.97 Å². The molecular weight excluding hydrogens is 196 g/mol. The van der Waals surface area contributed by atoms with E-state index in [4.69, 9.17) is 15.9 Å². The van der Waals surface area contributed by atoms with E-state index in [2.05, 4.69) is 4.98 Å². The summed E-state index contributed by atoms with van der Waals surface area (Å²) in [5.41, 5.74) is 8.30. The Hall–Kier alpha value is -1.33. The summed E-state index contributed by atoms with van der Waals surface area (Å²) in [6, 6.07) is 0. The molecule has 0 aliphatic carbocycles. The van der Waals surface area contributed by atoms with Crippen LogP contribution in [0.15, 0.2) is 6.20 Å². The van der Waals surface area contributed by atoms with Gasteiger partial charge < -0.3 is 20.9 Å². The minimum absolute atomic E-state index is 0.0466. The quantitative estimate of drug-likeness (QED) is 0.534. The summed E-state index contributed by atoms with van der Waals surface area (Å²) in [5, 5.41) is 17.5. The van der Waals surface area contributed by atoms with Crippen molar-refractivity contribution < 1.29 is 15.0 Å². The summed E-state index contributed by atoms with van der Waals surface area (Å²) in [7, 11) is 0. The van der Waals surface area contributed by atoms with Gasteiger partial charge in [-0.05, 0) is 24.0 Å². The number of aromatic amines is 1. The molecular formula is C10H16N2O3. The zero-order valence-electron chi connectivity index (χ0n) is 8.49. The molecule has 5 N–H and O–H groups in total. The van der Waals surface area contributed by atoms with E-state index in [0.717, 1.165) is 16.8 Å². The number of carboxylic acid groups (broad SMARTS) is 1. The van der Waals surface area contributed by atoms with Gasteiger partial charge in [-0.1, -0.05) is 0 Å². The second-order valence-corrected chi connectivity index (χ2v) is 3.34. The number of H-pyrrole nitrogens is 1. The van der Waals surface area contributed by atoms with Crippen molar-refractivity contribution in [2.24, 2.45) is 5.73 Å². The number of carbonyl (C=O) groups is 1. The number of rotatable bonds is 6. The van der Waals surface area contributed by atoms with Gasteiger partial charge in [0.1, 0.15) is 0 Å². The van der Waals surface area contributed by atoms with Crippen molar-refractivity contribution in [2.45, 2.75) is 25.8 Å². The number of aromatic nitrogens is 1. The molecule has 1 heterocycles. The van der Waals surface area contributed by atoms with E-state index in [9.17, 15) is 4.79 Å². The number of aryl methyl sites for hydroxylation is 1. The Morgan fingerprint density at radius 1 is 1.47 bits per heavy atom. The fraction of sp³-hybridized carbons (Fsp3) is 0.500. The average molecular weight is 212 g/mol. The van der Waals surface area contributed by atoms with Crippen LogP contribution < -0.4 is 5.73 Å². The lowest BCUT2D eigenvalue weighted by atomic mass is 10.0. The predicted molar refractivity (Wildman–Crippen MR) is 55.4 cm³/mol. The number of carboxylic acids is 1. The summed E-state index contributed by atoms with van der Waals surface area (Å²) >= 11 is 0. The normalized spacial score (nSPS) is 10.5. The van der Waals surface area contributed by atoms with Gasteiger partial charge >= 0.3 is 5.97 Å². The van der Waals surface area contributed by atoms with E-state index in [0.29, 0.717) is 19.4 Å². The molecule has 0 saturated carbocycles. The van der Waals surface area contributed by atoms with Gasteiger partial charge in [0.05, 0.1) is 0 Å². The molecule has 84 valence electrons. The first-order chi connectivity index (χ1) is 7.19. The van der Waals surface area contributed by atoms with Gasteiger partial charge in [-0.15, -0.1) is 0 Å². The monoisotopic (exact) mass is 212 g/mol. The molecule has 5 nitrogen and oxygen atoms in total. The second kappa shape index (κ2) is 5.53. The van der Waals surface area contributed by atoms with Gasteiger partial charge in [0, 0.05) is 31.5 Å². The summed E-state index contributed by atoms with van der Waals surface area (Å²) in [5.74, 6) is -0.819. The third kappa shape index (κ3) is 3.07. The van der Waals surface area contributed by atoms with E-state index >= 15 is 0 Å². The topological polar surface area (TPSA) is 99.3 Å². The van der Waals surface area contributed by atoms with E-state index in [1.807, 2.05) is 0 Å². The first-order valence-corrected chi connectivity index (χ1v) is 4.89. The molecule has 15 heavy (non-hydrogen) atoms. The zero-order chi connectivity index (χ0) is 11.3. The van der Waals surface area contributed by atoms with Crippen LogP contribution >= 0.6 is 0 Å². The molecule has 0 bridgehead atoms. The maximum atomic E-state index is 10.4. The Bertz CT molecular complexity index is 333. The van der Waals surface area contributed by atoms with Crippen molar-refractivity contribution in [3.8, 4) is 0 Å². The van der Waals surface area contributed by atoms with Crippen LogP contribution in [-0.2, 0) is 24.2 Å². The third-order valence-corrected chi connectivity index (χ3v) is 2.35. The summed E-state index contributed by atoms with van der Waals surface area (Å²) < 4.78 is 0. The van der Waals surface area contributed by atoms with Crippen molar-refractivity contribution in [3.63, 3.8) is 0 Å². The van der Waals surface area contributed by atoms with Gasteiger partial charge in [-0.25, -0.2) is 0 Å². The standard InChI is InChI=1S/C10H16N2O3/c11-5-9-8(3-4-13)7(6-12-9)1-2-10(14)15/h6,12-13H,1-5,11H2,(H,14,15). The maximum absolute atomic E-state index is 10.4. The van der Waals surface area contributed by atoms with E-state index in [1.54, 1.807) is 6.20 Å². The summed E-state index contributed by atoms with van der Waals surface area (Å²) in [6.07, 6.45) is 2.86. The minimum Gasteiger partial charge on any atom is -0.481 e. The van der Waals surface area contributed by atoms with E-state index in [-0.39, 0.29) is 13.0 Å². The van der Waals surface area contributed by atoms with Gasteiger partial charge in [-0.3, -0.25) is 4.79 Å². The highest BCUT2D eigenvalue weighted by Gasteiger charge is 2.10. The van der Waals surface area contributed by atoms with Crippen LogP contribution in [0.4, 0.5) is 0 Å². The second-order valence-electron chi connectivity index (χ2n) is 3.34. The molecule has 1 aromatic heterocycles. The zero-order valence-corrected chi connectivity index (χ0v) is 8.49. The average Bonchev–Trinajstić information content (AvgIpc) is 2.58. The van der Waals surface area contributed by atoms with Crippen molar-refractivity contribution in [3.05, 3.63) is 23.0 Å². The Labute approximate surface area is 87.9 Å². The van der Waals surface area contributed by atoms with Gasteiger partial charge in [0.25, 0.3) is 0 Å². The molecule has 0 atom stereocenters. The number of nitrogens with one attached hydrogen (secondary N) is 1. The Morgan fingerprint density at radius 3 is 2.73 bits per heavy atom. The lowest BCUT2D eigenvalue weighted by molar-refractivity contribution is -0.136. The molecule has 0 aliphatic heterocycles. The molecule has 5 heteroatoms. The van der Waals surface area contributed by atoms with Crippen LogP contribution in [0.5, 0.6) is 0 Å². The lowest BCUT2D eigenvalue weighted by Gasteiger charge is -2.03. The number of aliphatic hydroxyl groups is 1. The Morgan fingerprint density at radius 2 is 2.20 bits per heavy atom. The molecule has 0 radical (unpaired) electrons. The third-order valence-electron chi connectivity index (χ3n) is 2.35. The van der Waals surface area contributed by atoms with Crippen LogP contribution in [-0.4, -0.2) is 27.8 Å². The minimum atomic E-state index is -0.819. The van der Waals surface area contributed by atoms with Gasteiger partial charge in [-0.2, -0.15) is 0 Å². The molecule has 1 aromatic rings. The molecule has 0 fully saturated rings. The maximum Gasteiger partial charge on any atom is 0.303 e. The van der Waals surface area contributed by atoms with Crippen LogP contribution in [0.25, 0.3) is 0 Å². The highest BCUT2D eigenvalue weighted by molar-refractivity contribution is 5.67. The Balaban J connectivity index is 2.77. The molecule has 0 aromatic carbocycles. The van der Waals surface area contributed by atoms with Gasteiger partial charge in [0.2, 0.25) is 0 Å². The first kappa shape index (κ1) is 11.7. The number of nitrogens with two attached hydrogens (primary N) is 1. The van der Waals surface area contributed by atoms with Crippen LogP contribution in [0.3, 0.4) is 0 Å². The summed E-state index contributed by atoms with van der Waals surface area (Å²) in [6.45, 7) is 0.424. The smallest absolute Gasteiger partial charge is 0.303 e. The Kier molecular flexibility index (Phi) is 4.33. The number of hydrogen-bond acceptors (Lipinski definition) is 3. The molecule has 0 unspecified atom stereocenters. The molecule has 0 amide bonds. The summed E-state index contributed by atoms with van der Waals surface area (Å²) in [4.78, 5) is 13.4. The van der Waals surface area contributed by atoms with Crippen molar-refractivity contribution in [1.29, 1.82) is 0 Å². The molecule has 0 saturated heterocycles. The van der Waals surface area contributed by atoms with Crippen LogP contribution in [0.1, 0.15) is 23.2 Å². The molecule has 0 spiro atoms. The highest BCUT2D eigenvalue weighted by Crippen LogP contribution is 2.16. The van der Waals surface area contributed by atoms with Gasteiger partial charge in [0.15, 0.2) is 0 Å². The van der Waals surface area contributed by atoms with E-state index in [1.165, 1.54) is 0 Å². The highest BCUT2D eigenvalue weighted by atomic mass is 16.4.